The maximum Gasteiger partial charge on any atom is 0.234 e. The minimum atomic E-state index is -0.242. The van der Waals surface area contributed by atoms with Crippen molar-refractivity contribution in [2.24, 2.45) is 0 Å². The fourth-order valence-electron chi connectivity index (χ4n) is 2.39. The normalized spacial score (nSPS) is 19.5. The van der Waals surface area contributed by atoms with Gasteiger partial charge in [0.2, 0.25) is 11.8 Å². The minimum Gasteiger partial charge on any atom is -0.296 e. The van der Waals surface area contributed by atoms with Gasteiger partial charge in [0.25, 0.3) is 0 Å². The van der Waals surface area contributed by atoms with E-state index in [9.17, 15) is 9.59 Å². The van der Waals surface area contributed by atoms with E-state index in [1.807, 2.05) is 24.3 Å². The molecule has 96 valence electrons. The quantitative estimate of drug-likeness (QED) is 0.649. The molecule has 3 rings (SSSR count). The molecule has 1 aliphatic heterocycles. The number of nitrogens with one attached hydrogen (secondary N) is 1. The molecule has 1 N–H and O–H groups in total. The van der Waals surface area contributed by atoms with Gasteiger partial charge in [0.15, 0.2) is 0 Å². The third kappa shape index (κ3) is 2.26. The number of pyridine rings is 1. The van der Waals surface area contributed by atoms with Gasteiger partial charge in [-0.1, -0.05) is 18.2 Å². The first-order chi connectivity index (χ1) is 9.15. The van der Waals surface area contributed by atoms with Crippen LogP contribution in [-0.4, -0.2) is 16.8 Å². The van der Waals surface area contributed by atoms with Crippen LogP contribution in [0.2, 0.25) is 0 Å². The highest BCUT2D eigenvalue weighted by molar-refractivity contribution is 9.10. The van der Waals surface area contributed by atoms with Crippen molar-refractivity contribution in [2.75, 3.05) is 0 Å². The number of carbonyl (C=O) groups excluding carboxylic acids is 2. The van der Waals surface area contributed by atoms with Crippen molar-refractivity contribution >= 4 is 38.5 Å². The predicted octanol–water partition coefficient (Wildman–Crippen LogP) is 2.52. The highest BCUT2D eigenvalue weighted by Gasteiger charge is 2.27. The lowest BCUT2D eigenvalue weighted by Crippen LogP contribution is -2.39. The number of hydrogen-bond donors (Lipinski definition) is 1. The van der Waals surface area contributed by atoms with Crippen LogP contribution >= 0.6 is 15.9 Å². The number of piperidine rings is 1. The molecule has 1 fully saturated rings. The van der Waals surface area contributed by atoms with Gasteiger partial charge in [-0.05, 0) is 39.4 Å². The Hall–Kier alpha value is -1.75. The van der Waals surface area contributed by atoms with Crippen molar-refractivity contribution in [2.45, 2.75) is 18.8 Å². The van der Waals surface area contributed by atoms with Gasteiger partial charge < -0.3 is 0 Å². The van der Waals surface area contributed by atoms with Gasteiger partial charge in [0.1, 0.15) is 4.60 Å². The maximum atomic E-state index is 11.9. The molecule has 1 atom stereocenters. The van der Waals surface area contributed by atoms with Crippen LogP contribution in [0.5, 0.6) is 0 Å². The molecule has 2 heterocycles. The summed E-state index contributed by atoms with van der Waals surface area (Å²) in [4.78, 5) is 27.2. The molecular formula is C14H11BrN2O2. The van der Waals surface area contributed by atoms with E-state index in [0.717, 1.165) is 20.9 Å². The van der Waals surface area contributed by atoms with Crippen LogP contribution in [0.3, 0.4) is 0 Å². The minimum absolute atomic E-state index is 0.186. The maximum absolute atomic E-state index is 11.9. The lowest BCUT2D eigenvalue weighted by Gasteiger charge is -2.21. The molecule has 19 heavy (non-hydrogen) atoms. The summed E-state index contributed by atoms with van der Waals surface area (Å²) in [5, 5.41) is 4.43. The Labute approximate surface area is 118 Å². The summed E-state index contributed by atoms with van der Waals surface area (Å²) in [6.07, 6.45) is 2.69. The van der Waals surface area contributed by atoms with Crippen molar-refractivity contribution < 1.29 is 9.59 Å². The van der Waals surface area contributed by atoms with Crippen molar-refractivity contribution in [1.82, 2.24) is 10.3 Å². The van der Waals surface area contributed by atoms with E-state index in [4.69, 9.17) is 0 Å². The van der Waals surface area contributed by atoms with Gasteiger partial charge in [-0.15, -0.1) is 0 Å². The number of nitrogens with zero attached hydrogens (tertiary/aromatic N) is 1. The molecule has 5 heteroatoms. The average Bonchev–Trinajstić information content (AvgIpc) is 2.38. The summed E-state index contributed by atoms with van der Waals surface area (Å²) in [6.45, 7) is 0. The first kappa shape index (κ1) is 12.3. The Balaban J connectivity index is 2.02. The van der Waals surface area contributed by atoms with E-state index in [1.54, 1.807) is 6.20 Å². The summed E-state index contributed by atoms with van der Waals surface area (Å²) in [6, 6.07) is 7.78. The van der Waals surface area contributed by atoms with Crippen LogP contribution in [-0.2, 0) is 9.59 Å². The van der Waals surface area contributed by atoms with Crippen molar-refractivity contribution in [1.29, 1.82) is 0 Å². The summed E-state index contributed by atoms with van der Waals surface area (Å²) < 4.78 is 0.792. The van der Waals surface area contributed by atoms with Crippen LogP contribution < -0.4 is 5.32 Å². The molecule has 1 aromatic carbocycles. The first-order valence-corrected chi connectivity index (χ1v) is 6.82. The van der Waals surface area contributed by atoms with E-state index in [2.05, 4.69) is 26.2 Å². The smallest absolute Gasteiger partial charge is 0.234 e. The zero-order valence-corrected chi connectivity index (χ0v) is 11.6. The molecule has 1 aromatic heterocycles. The van der Waals surface area contributed by atoms with Gasteiger partial charge in [-0.2, -0.15) is 0 Å². The summed E-state index contributed by atoms with van der Waals surface area (Å²) >= 11 is 3.40. The summed E-state index contributed by atoms with van der Waals surface area (Å²) in [5.74, 6) is -0.633. The highest BCUT2D eigenvalue weighted by Crippen LogP contribution is 2.29. The Bertz CT molecular complexity index is 684. The van der Waals surface area contributed by atoms with Crippen LogP contribution in [0.25, 0.3) is 10.8 Å². The number of halogens is 1. The predicted molar refractivity (Wildman–Crippen MR) is 74.6 cm³/mol. The number of hydrogen-bond acceptors (Lipinski definition) is 3. The fourth-order valence-corrected chi connectivity index (χ4v) is 2.87. The lowest BCUT2D eigenvalue weighted by molar-refractivity contribution is -0.134. The van der Waals surface area contributed by atoms with Crippen molar-refractivity contribution in [3.8, 4) is 0 Å². The van der Waals surface area contributed by atoms with Gasteiger partial charge in [0.05, 0.1) is 5.92 Å². The Morgan fingerprint density at radius 2 is 2.11 bits per heavy atom. The first-order valence-electron chi connectivity index (χ1n) is 6.03. The SMILES string of the molecule is O=C1CCC(c2ccc3c(Br)nccc3c2)C(=O)N1. The number of imide groups is 1. The highest BCUT2D eigenvalue weighted by atomic mass is 79.9. The molecule has 4 nitrogen and oxygen atoms in total. The van der Waals surface area contributed by atoms with Gasteiger partial charge in [-0.25, -0.2) is 4.98 Å². The van der Waals surface area contributed by atoms with Gasteiger partial charge in [-0.3, -0.25) is 14.9 Å². The Kier molecular flexibility index (Phi) is 3.06. The molecular weight excluding hydrogens is 308 g/mol. The van der Waals surface area contributed by atoms with Crippen molar-refractivity contribution in [3.63, 3.8) is 0 Å². The third-order valence-electron chi connectivity index (χ3n) is 3.38. The Morgan fingerprint density at radius 3 is 2.89 bits per heavy atom. The number of benzene rings is 1. The number of rotatable bonds is 1. The number of aromatic nitrogens is 1. The topological polar surface area (TPSA) is 59.1 Å². The zero-order chi connectivity index (χ0) is 13.4. The van der Waals surface area contributed by atoms with Gasteiger partial charge >= 0.3 is 0 Å². The van der Waals surface area contributed by atoms with Gasteiger partial charge in [0, 0.05) is 18.0 Å². The molecule has 0 radical (unpaired) electrons. The molecule has 2 aromatic rings. The van der Waals surface area contributed by atoms with Crippen LogP contribution in [0.4, 0.5) is 0 Å². The second-order valence-electron chi connectivity index (χ2n) is 4.59. The monoisotopic (exact) mass is 318 g/mol. The van der Waals surface area contributed by atoms with E-state index in [0.29, 0.717) is 12.8 Å². The van der Waals surface area contributed by atoms with Crippen LogP contribution in [0, 0.1) is 0 Å². The van der Waals surface area contributed by atoms with Crippen LogP contribution in [0.15, 0.2) is 35.1 Å². The molecule has 0 bridgehead atoms. The molecule has 2 amide bonds. The number of amides is 2. The second-order valence-corrected chi connectivity index (χ2v) is 5.34. The number of fused-ring (bicyclic) bond motifs is 1. The lowest BCUT2D eigenvalue weighted by atomic mass is 9.89. The van der Waals surface area contributed by atoms with E-state index < -0.39 is 0 Å². The molecule has 1 saturated heterocycles. The van der Waals surface area contributed by atoms with Crippen LogP contribution in [0.1, 0.15) is 24.3 Å². The molecule has 0 spiro atoms. The average molecular weight is 319 g/mol. The summed E-state index contributed by atoms with van der Waals surface area (Å²) in [7, 11) is 0. The molecule has 1 unspecified atom stereocenters. The van der Waals surface area contributed by atoms with E-state index in [-0.39, 0.29) is 17.7 Å². The molecule has 0 saturated carbocycles. The van der Waals surface area contributed by atoms with Crippen molar-refractivity contribution in [3.05, 3.63) is 40.6 Å². The largest absolute Gasteiger partial charge is 0.296 e. The Morgan fingerprint density at radius 1 is 1.26 bits per heavy atom. The molecule has 0 aliphatic carbocycles. The van der Waals surface area contributed by atoms with E-state index >= 15 is 0 Å². The summed E-state index contributed by atoms with van der Waals surface area (Å²) in [5.41, 5.74) is 0.940. The second kappa shape index (κ2) is 4.74. The standard InChI is InChI=1S/C14H11BrN2O2/c15-13-10-2-1-8(7-9(10)5-6-16-13)11-3-4-12(18)17-14(11)19/h1-2,5-7,11H,3-4H2,(H,17,18,19). The zero-order valence-electron chi connectivity index (χ0n) is 10.0. The van der Waals surface area contributed by atoms with E-state index in [1.165, 1.54) is 0 Å². The molecule has 1 aliphatic rings. The fraction of sp³-hybridized carbons (Fsp3) is 0.214. The third-order valence-corrected chi connectivity index (χ3v) is 4.01. The number of carbonyl (C=O) groups is 2.